The number of fused-ring (bicyclic) bond motifs is 1. The molecule has 0 aliphatic carbocycles. The van der Waals surface area contributed by atoms with Gasteiger partial charge in [-0.25, -0.2) is 0 Å². The van der Waals surface area contributed by atoms with E-state index in [1.165, 1.54) is 0 Å². The van der Waals surface area contributed by atoms with Gasteiger partial charge in [-0.05, 0) is 35.4 Å². The number of hydrogen-bond donors (Lipinski definition) is 2. The molecular weight excluding hydrogens is 324 g/mol. The molecule has 3 aromatic carbocycles. The van der Waals surface area contributed by atoms with E-state index in [9.17, 15) is 9.59 Å². The Labute approximate surface area is 153 Å². The van der Waals surface area contributed by atoms with Gasteiger partial charge >= 0.3 is 0 Å². The third kappa shape index (κ3) is 4.48. The number of hydrogen-bond acceptors (Lipinski definition) is 2. The molecule has 4 nitrogen and oxygen atoms in total. The predicted molar refractivity (Wildman–Crippen MR) is 104 cm³/mol. The summed E-state index contributed by atoms with van der Waals surface area (Å²) < 4.78 is 0. The minimum Gasteiger partial charge on any atom is -0.352 e. The van der Waals surface area contributed by atoms with E-state index in [-0.39, 0.29) is 24.3 Å². The normalized spacial score (nSPS) is 11.7. The van der Waals surface area contributed by atoms with E-state index in [2.05, 4.69) is 28.8 Å². The lowest BCUT2D eigenvalue weighted by atomic mass is 10.0. The fourth-order valence-corrected chi connectivity index (χ4v) is 2.94. The van der Waals surface area contributed by atoms with Crippen molar-refractivity contribution in [2.75, 3.05) is 0 Å². The Morgan fingerprint density at radius 1 is 0.885 bits per heavy atom. The minimum absolute atomic E-state index is 0.0844. The van der Waals surface area contributed by atoms with Gasteiger partial charge < -0.3 is 10.6 Å². The van der Waals surface area contributed by atoms with E-state index in [4.69, 9.17) is 0 Å². The fraction of sp³-hybridized carbons (Fsp3) is 0.182. The highest BCUT2D eigenvalue weighted by Crippen LogP contribution is 2.18. The molecule has 132 valence electrons. The van der Waals surface area contributed by atoms with Crippen molar-refractivity contribution in [1.82, 2.24) is 10.6 Å². The Morgan fingerprint density at radius 3 is 2.38 bits per heavy atom. The molecule has 1 atom stereocenters. The third-order valence-electron chi connectivity index (χ3n) is 4.26. The van der Waals surface area contributed by atoms with Crippen LogP contribution in [0.1, 0.15) is 29.3 Å². The molecule has 2 N–H and O–H groups in total. The first-order chi connectivity index (χ1) is 12.6. The zero-order valence-corrected chi connectivity index (χ0v) is 14.7. The average molecular weight is 346 g/mol. The van der Waals surface area contributed by atoms with Gasteiger partial charge in [0.15, 0.2) is 0 Å². The van der Waals surface area contributed by atoms with Gasteiger partial charge in [0, 0.05) is 24.6 Å². The molecule has 2 amide bonds. The molecule has 3 aromatic rings. The summed E-state index contributed by atoms with van der Waals surface area (Å²) in [6, 6.07) is 22.9. The maximum atomic E-state index is 12.2. The van der Waals surface area contributed by atoms with Gasteiger partial charge in [0.25, 0.3) is 5.91 Å². The molecule has 26 heavy (non-hydrogen) atoms. The van der Waals surface area contributed by atoms with Crippen LogP contribution >= 0.6 is 0 Å². The molecule has 0 saturated heterocycles. The van der Waals surface area contributed by atoms with Crippen LogP contribution in [0.2, 0.25) is 0 Å². The van der Waals surface area contributed by atoms with E-state index in [0.717, 1.165) is 16.3 Å². The molecule has 0 heterocycles. The van der Waals surface area contributed by atoms with Crippen molar-refractivity contribution in [3.63, 3.8) is 0 Å². The minimum atomic E-state index is -0.241. The summed E-state index contributed by atoms with van der Waals surface area (Å²) in [6.45, 7) is 2.30. The molecule has 0 radical (unpaired) electrons. The Bertz CT molecular complexity index is 901. The van der Waals surface area contributed by atoms with Crippen LogP contribution < -0.4 is 10.6 Å². The Kier molecular flexibility index (Phi) is 5.64. The average Bonchev–Trinajstić information content (AvgIpc) is 2.67. The van der Waals surface area contributed by atoms with Gasteiger partial charge in [-0.2, -0.15) is 0 Å². The number of rotatable bonds is 6. The number of amides is 2. The van der Waals surface area contributed by atoms with Crippen LogP contribution in [0.4, 0.5) is 0 Å². The summed E-state index contributed by atoms with van der Waals surface area (Å²) in [4.78, 5) is 24.3. The highest BCUT2D eigenvalue weighted by Gasteiger charge is 2.13. The largest absolute Gasteiger partial charge is 0.352 e. The van der Waals surface area contributed by atoms with Gasteiger partial charge in [-0.3, -0.25) is 9.59 Å². The van der Waals surface area contributed by atoms with E-state index in [1.807, 2.05) is 49.4 Å². The Morgan fingerprint density at radius 2 is 1.58 bits per heavy atom. The molecule has 0 aromatic heterocycles. The highest BCUT2D eigenvalue weighted by molar-refractivity contribution is 5.94. The van der Waals surface area contributed by atoms with Gasteiger partial charge in [-0.15, -0.1) is 0 Å². The summed E-state index contributed by atoms with van der Waals surface area (Å²) in [7, 11) is 0. The number of carbonyl (C=O) groups is 2. The maximum Gasteiger partial charge on any atom is 0.251 e. The summed E-state index contributed by atoms with van der Waals surface area (Å²) in [5.41, 5.74) is 1.67. The second-order valence-corrected chi connectivity index (χ2v) is 6.36. The summed E-state index contributed by atoms with van der Waals surface area (Å²) >= 11 is 0. The van der Waals surface area contributed by atoms with E-state index in [1.54, 1.807) is 12.1 Å². The van der Waals surface area contributed by atoms with Crippen LogP contribution in [0.3, 0.4) is 0 Å². The molecule has 0 saturated carbocycles. The zero-order valence-electron chi connectivity index (χ0n) is 14.7. The molecule has 3 rings (SSSR count). The quantitative estimate of drug-likeness (QED) is 0.715. The van der Waals surface area contributed by atoms with E-state index >= 15 is 0 Å². The molecule has 4 heteroatoms. The smallest absolute Gasteiger partial charge is 0.251 e. The Balaban J connectivity index is 1.53. The highest BCUT2D eigenvalue weighted by atomic mass is 16.2. The number of benzene rings is 3. The molecule has 0 spiro atoms. The Hall–Kier alpha value is -3.14. The van der Waals surface area contributed by atoms with Crippen LogP contribution in [0.5, 0.6) is 0 Å². The van der Waals surface area contributed by atoms with Crippen molar-refractivity contribution >= 4 is 22.6 Å². The van der Waals surface area contributed by atoms with Crippen LogP contribution in [-0.4, -0.2) is 17.9 Å². The first-order valence-corrected chi connectivity index (χ1v) is 8.73. The summed E-state index contributed by atoms with van der Waals surface area (Å²) in [5.74, 6) is -0.251. The van der Waals surface area contributed by atoms with Gasteiger partial charge in [-0.1, -0.05) is 60.7 Å². The van der Waals surface area contributed by atoms with E-state index in [0.29, 0.717) is 12.1 Å². The van der Waals surface area contributed by atoms with E-state index < -0.39 is 0 Å². The lowest BCUT2D eigenvalue weighted by Crippen LogP contribution is -2.37. The SMILES string of the molecule is CC(CC(=O)NCc1cccc2ccccc12)NC(=O)c1ccccc1. The number of carbonyl (C=O) groups excluding carboxylic acids is 2. The van der Waals surface area contributed by atoms with Gasteiger partial charge in [0.05, 0.1) is 0 Å². The zero-order chi connectivity index (χ0) is 18.4. The van der Waals surface area contributed by atoms with Crippen LogP contribution in [0, 0.1) is 0 Å². The first kappa shape index (κ1) is 17.7. The molecule has 0 fully saturated rings. The molecule has 0 aliphatic rings. The fourth-order valence-electron chi connectivity index (χ4n) is 2.94. The lowest BCUT2D eigenvalue weighted by Gasteiger charge is -2.14. The third-order valence-corrected chi connectivity index (χ3v) is 4.26. The lowest BCUT2D eigenvalue weighted by molar-refractivity contribution is -0.121. The second-order valence-electron chi connectivity index (χ2n) is 6.36. The first-order valence-electron chi connectivity index (χ1n) is 8.73. The maximum absolute atomic E-state index is 12.2. The monoisotopic (exact) mass is 346 g/mol. The van der Waals surface area contributed by atoms with Crippen LogP contribution in [0.25, 0.3) is 10.8 Å². The van der Waals surface area contributed by atoms with Crippen molar-refractivity contribution in [2.24, 2.45) is 0 Å². The molecular formula is C22H22N2O2. The standard InChI is InChI=1S/C22H22N2O2/c1-16(24-22(26)18-9-3-2-4-10-18)14-21(25)23-15-19-12-7-11-17-8-5-6-13-20(17)19/h2-13,16H,14-15H2,1H3,(H,23,25)(H,24,26). The van der Waals surface area contributed by atoms with Crippen molar-refractivity contribution < 1.29 is 9.59 Å². The van der Waals surface area contributed by atoms with Crippen molar-refractivity contribution in [2.45, 2.75) is 25.9 Å². The van der Waals surface area contributed by atoms with Crippen LogP contribution in [-0.2, 0) is 11.3 Å². The summed E-state index contributed by atoms with van der Waals surface area (Å²) in [6.07, 6.45) is 0.239. The predicted octanol–water partition coefficient (Wildman–Crippen LogP) is 3.66. The molecule has 1 unspecified atom stereocenters. The van der Waals surface area contributed by atoms with Gasteiger partial charge in [0.1, 0.15) is 0 Å². The van der Waals surface area contributed by atoms with Crippen LogP contribution in [0.15, 0.2) is 72.8 Å². The molecule has 0 bridgehead atoms. The number of nitrogens with one attached hydrogen (secondary N) is 2. The molecule has 0 aliphatic heterocycles. The van der Waals surface area contributed by atoms with Crippen molar-refractivity contribution in [3.8, 4) is 0 Å². The van der Waals surface area contributed by atoms with Crippen molar-refractivity contribution in [3.05, 3.63) is 83.9 Å². The van der Waals surface area contributed by atoms with Gasteiger partial charge in [0.2, 0.25) is 5.91 Å². The topological polar surface area (TPSA) is 58.2 Å². The second kappa shape index (κ2) is 8.30. The summed E-state index contributed by atoms with van der Waals surface area (Å²) in [5, 5.41) is 8.09. The van der Waals surface area contributed by atoms with Crippen molar-refractivity contribution in [1.29, 1.82) is 0 Å².